The number of hydrogen-bond acceptors (Lipinski definition) is 3. The molecule has 3 N–H and O–H groups in total. The molecule has 0 unspecified atom stereocenters. The van der Waals surface area contributed by atoms with Gasteiger partial charge in [0.2, 0.25) is 0 Å². The number of H-pyrrole nitrogens is 1. The molecule has 180 valence electrons. The monoisotopic (exact) mass is 458 g/mol. The van der Waals surface area contributed by atoms with Crippen LogP contribution in [0.3, 0.4) is 0 Å². The summed E-state index contributed by atoms with van der Waals surface area (Å²) in [6.07, 6.45) is 9.57. The minimum atomic E-state index is -0.128. The molecule has 1 heterocycles. The van der Waals surface area contributed by atoms with Gasteiger partial charge in [-0.2, -0.15) is 0 Å². The molecule has 0 atom stereocenters. The zero-order valence-corrected chi connectivity index (χ0v) is 20.6. The van der Waals surface area contributed by atoms with E-state index in [2.05, 4.69) is 83.1 Å². The second-order valence-electron chi connectivity index (χ2n) is 9.55. The predicted molar refractivity (Wildman–Crippen MR) is 141 cm³/mol. The summed E-state index contributed by atoms with van der Waals surface area (Å²) in [5, 5.41) is 1.36. The summed E-state index contributed by atoms with van der Waals surface area (Å²) >= 11 is 0. The Morgan fingerprint density at radius 2 is 1.94 bits per heavy atom. The van der Waals surface area contributed by atoms with Crippen LogP contribution >= 0.6 is 0 Å². The van der Waals surface area contributed by atoms with Crippen molar-refractivity contribution in [1.82, 2.24) is 20.7 Å². The van der Waals surface area contributed by atoms with Crippen molar-refractivity contribution in [2.45, 2.75) is 52.5 Å². The van der Waals surface area contributed by atoms with Crippen LogP contribution in [0.1, 0.15) is 55.0 Å². The normalized spacial score (nSPS) is 14.2. The number of benzene rings is 2. The summed E-state index contributed by atoms with van der Waals surface area (Å²) in [6, 6.07) is 17.2. The Labute approximate surface area is 203 Å². The Bertz CT molecular complexity index is 1100. The van der Waals surface area contributed by atoms with E-state index in [1.165, 1.54) is 53.5 Å². The molecular weight excluding hydrogens is 420 g/mol. The number of aromatic nitrogens is 1. The number of para-hydroxylation sites is 1. The summed E-state index contributed by atoms with van der Waals surface area (Å²) in [7, 11) is 0. The molecule has 1 saturated carbocycles. The lowest BCUT2D eigenvalue weighted by Gasteiger charge is -2.32. The molecule has 2 aromatic carbocycles. The molecule has 0 saturated heterocycles. The summed E-state index contributed by atoms with van der Waals surface area (Å²) in [5.41, 5.74) is 11.9. The van der Waals surface area contributed by atoms with Crippen molar-refractivity contribution in [3.05, 3.63) is 77.0 Å². The number of carbonyl (C=O) groups is 1. The zero-order valence-electron chi connectivity index (χ0n) is 20.6. The number of carbonyl (C=O) groups excluding carboxylic acids is 1. The maximum absolute atomic E-state index is 11.8. The number of aromatic amines is 1. The van der Waals surface area contributed by atoms with Crippen molar-refractivity contribution in [2.75, 3.05) is 19.6 Å². The maximum atomic E-state index is 11.8. The molecule has 1 aliphatic rings. The minimum absolute atomic E-state index is 0.128. The standard InChI is InChI=1S/C29H38N4O/c1-3-18-30-32-29(34)16-15-23-11-13-25(14-12-23)21-33(20-24-7-6-8-24)19-17-26-22(2)31-28-10-5-4-9-27(26)28/h4-5,9-16,24,30-31H,3,6-8,17-21H2,1-2H3,(H,32,34)/b16-15+. The first-order valence-corrected chi connectivity index (χ1v) is 12.7. The van der Waals surface area contributed by atoms with Crippen LogP contribution in [-0.4, -0.2) is 35.4 Å². The summed E-state index contributed by atoms with van der Waals surface area (Å²) in [5.74, 6) is 0.711. The van der Waals surface area contributed by atoms with Gasteiger partial charge in [0.05, 0.1) is 0 Å². The number of hydrogen-bond donors (Lipinski definition) is 3. The molecule has 1 amide bonds. The van der Waals surface area contributed by atoms with E-state index in [0.717, 1.165) is 44.0 Å². The van der Waals surface area contributed by atoms with Crippen LogP contribution in [0.25, 0.3) is 17.0 Å². The molecule has 1 aliphatic carbocycles. The number of hydrazine groups is 1. The van der Waals surface area contributed by atoms with Crippen LogP contribution in [0, 0.1) is 12.8 Å². The minimum Gasteiger partial charge on any atom is -0.358 e. The Kier molecular flexibility index (Phi) is 8.56. The lowest BCUT2D eigenvalue weighted by molar-refractivity contribution is -0.117. The van der Waals surface area contributed by atoms with Gasteiger partial charge in [0.1, 0.15) is 0 Å². The molecule has 1 fully saturated rings. The average Bonchev–Trinajstić information content (AvgIpc) is 3.14. The van der Waals surface area contributed by atoms with Gasteiger partial charge in [0.15, 0.2) is 0 Å². The Morgan fingerprint density at radius 1 is 1.15 bits per heavy atom. The third-order valence-corrected chi connectivity index (χ3v) is 6.85. The van der Waals surface area contributed by atoms with Gasteiger partial charge in [0, 0.05) is 48.9 Å². The number of fused-ring (bicyclic) bond motifs is 1. The van der Waals surface area contributed by atoms with E-state index in [1.54, 1.807) is 6.08 Å². The summed E-state index contributed by atoms with van der Waals surface area (Å²) < 4.78 is 0. The van der Waals surface area contributed by atoms with Gasteiger partial charge in [-0.3, -0.25) is 15.1 Å². The van der Waals surface area contributed by atoms with Gasteiger partial charge in [-0.25, -0.2) is 5.43 Å². The van der Waals surface area contributed by atoms with E-state index in [9.17, 15) is 4.79 Å². The SMILES string of the molecule is CCCNNC(=O)/C=C/c1ccc(CN(CCc2c(C)[nH]c3ccccc23)CC2CCC2)cc1. The highest BCUT2D eigenvalue weighted by Crippen LogP contribution is 2.28. The first-order valence-electron chi connectivity index (χ1n) is 12.7. The lowest BCUT2D eigenvalue weighted by atomic mass is 9.85. The first-order chi connectivity index (χ1) is 16.6. The van der Waals surface area contributed by atoms with Crippen molar-refractivity contribution in [2.24, 2.45) is 5.92 Å². The number of nitrogens with one attached hydrogen (secondary N) is 3. The van der Waals surface area contributed by atoms with Crippen molar-refractivity contribution < 1.29 is 4.79 Å². The third-order valence-electron chi connectivity index (χ3n) is 6.85. The first kappa shape index (κ1) is 24.2. The van der Waals surface area contributed by atoms with E-state index in [-0.39, 0.29) is 5.91 Å². The largest absolute Gasteiger partial charge is 0.358 e. The number of amides is 1. The second kappa shape index (κ2) is 12.0. The molecule has 0 bridgehead atoms. The summed E-state index contributed by atoms with van der Waals surface area (Å²) in [6.45, 7) is 8.22. The van der Waals surface area contributed by atoms with Crippen molar-refractivity contribution in [3.63, 3.8) is 0 Å². The van der Waals surface area contributed by atoms with Gasteiger partial charge in [-0.1, -0.05) is 55.8 Å². The number of nitrogens with zero attached hydrogens (tertiary/aromatic N) is 1. The zero-order chi connectivity index (χ0) is 23.8. The highest BCUT2D eigenvalue weighted by Gasteiger charge is 2.21. The molecule has 0 spiro atoms. The van der Waals surface area contributed by atoms with Crippen LogP contribution < -0.4 is 10.9 Å². The van der Waals surface area contributed by atoms with Crippen LogP contribution in [0.15, 0.2) is 54.6 Å². The van der Waals surface area contributed by atoms with Gasteiger partial charge in [0.25, 0.3) is 5.91 Å². The molecule has 0 aliphatic heterocycles. The average molecular weight is 459 g/mol. The Balaban J connectivity index is 1.37. The number of aryl methyl sites for hydroxylation is 1. The molecule has 0 radical (unpaired) electrons. The van der Waals surface area contributed by atoms with Crippen LogP contribution in [0.4, 0.5) is 0 Å². The quantitative estimate of drug-likeness (QED) is 0.194. The highest BCUT2D eigenvalue weighted by atomic mass is 16.2. The molecular formula is C29H38N4O. The Hall–Kier alpha value is -2.89. The van der Waals surface area contributed by atoms with Gasteiger partial charge < -0.3 is 4.98 Å². The van der Waals surface area contributed by atoms with Crippen LogP contribution in [0.5, 0.6) is 0 Å². The maximum Gasteiger partial charge on any atom is 0.258 e. The van der Waals surface area contributed by atoms with Crippen molar-refractivity contribution in [1.29, 1.82) is 0 Å². The lowest BCUT2D eigenvalue weighted by Crippen LogP contribution is -2.36. The number of rotatable bonds is 12. The smallest absolute Gasteiger partial charge is 0.258 e. The molecule has 34 heavy (non-hydrogen) atoms. The van der Waals surface area contributed by atoms with Crippen LogP contribution in [0.2, 0.25) is 0 Å². The molecule has 1 aromatic heterocycles. The van der Waals surface area contributed by atoms with Crippen molar-refractivity contribution >= 4 is 22.9 Å². The van der Waals surface area contributed by atoms with E-state index >= 15 is 0 Å². The van der Waals surface area contributed by atoms with Gasteiger partial charge >= 0.3 is 0 Å². The van der Waals surface area contributed by atoms with E-state index in [1.807, 2.05) is 6.08 Å². The van der Waals surface area contributed by atoms with Gasteiger partial charge in [-0.15, -0.1) is 0 Å². The van der Waals surface area contributed by atoms with E-state index in [0.29, 0.717) is 0 Å². The molecule has 3 aromatic rings. The third kappa shape index (κ3) is 6.58. The van der Waals surface area contributed by atoms with Crippen LogP contribution in [-0.2, 0) is 17.8 Å². The van der Waals surface area contributed by atoms with E-state index in [4.69, 9.17) is 0 Å². The van der Waals surface area contributed by atoms with Gasteiger partial charge in [-0.05, 0) is 67.4 Å². The van der Waals surface area contributed by atoms with Crippen molar-refractivity contribution in [3.8, 4) is 0 Å². The molecule has 5 heteroatoms. The van der Waals surface area contributed by atoms with E-state index < -0.39 is 0 Å². The fourth-order valence-electron chi connectivity index (χ4n) is 4.68. The predicted octanol–water partition coefficient (Wildman–Crippen LogP) is 5.37. The topological polar surface area (TPSA) is 60.2 Å². The highest BCUT2D eigenvalue weighted by molar-refractivity contribution is 5.91. The fourth-order valence-corrected chi connectivity index (χ4v) is 4.68. The second-order valence-corrected chi connectivity index (χ2v) is 9.55. The fraction of sp³-hybridized carbons (Fsp3) is 0.414. The Morgan fingerprint density at radius 3 is 2.68 bits per heavy atom. The molecule has 4 rings (SSSR count). The molecule has 5 nitrogen and oxygen atoms in total. The summed E-state index contributed by atoms with van der Waals surface area (Å²) in [4.78, 5) is 18.0.